The molecular formula is C10H12N2OS2. The molecule has 0 aromatic heterocycles. The zero-order valence-corrected chi connectivity index (χ0v) is 9.95. The molecule has 0 spiro atoms. The fourth-order valence-electron chi connectivity index (χ4n) is 1.06. The average molecular weight is 240 g/mol. The van der Waals surface area contributed by atoms with Crippen molar-refractivity contribution in [2.45, 2.75) is 11.3 Å². The first-order chi connectivity index (χ1) is 7.11. The largest absolute Gasteiger partial charge is 0.393 e. The minimum Gasteiger partial charge on any atom is -0.393 e. The first kappa shape index (κ1) is 12.0. The van der Waals surface area contributed by atoms with Gasteiger partial charge in [-0.1, -0.05) is 18.3 Å². The second-order valence-corrected chi connectivity index (χ2v) is 4.33. The molecule has 15 heavy (non-hydrogen) atoms. The van der Waals surface area contributed by atoms with E-state index in [-0.39, 0.29) is 17.3 Å². The van der Waals surface area contributed by atoms with E-state index in [0.717, 1.165) is 10.6 Å². The van der Waals surface area contributed by atoms with Crippen LogP contribution in [-0.2, 0) is 4.79 Å². The molecule has 5 heteroatoms. The standard InChI is InChI=1S/C10H12N2OS2/c1-15-8-4-2-3-7(5-8)12-10(13)6-9(11)14/h2-5H,6H2,1H3,(H2,11,14)(H,12,13). The van der Waals surface area contributed by atoms with E-state index < -0.39 is 0 Å². The van der Waals surface area contributed by atoms with Crippen molar-refractivity contribution in [2.24, 2.45) is 5.73 Å². The molecule has 1 rings (SSSR count). The topological polar surface area (TPSA) is 55.1 Å². The van der Waals surface area contributed by atoms with Gasteiger partial charge in [0.15, 0.2) is 0 Å². The van der Waals surface area contributed by atoms with Crippen molar-refractivity contribution in [2.75, 3.05) is 11.6 Å². The maximum Gasteiger partial charge on any atom is 0.231 e. The van der Waals surface area contributed by atoms with E-state index in [9.17, 15) is 4.79 Å². The van der Waals surface area contributed by atoms with Crippen molar-refractivity contribution < 1.29 is 4.79 Å². The number of rotatable bonds is 4. The van der Waals surface area contributed by atoms with Gasteiger partial charge in [-0.05, 0) is 24.5 Å². The lowest BCUT2D eigenvalue weighted by Crippen LogP contribution is -2.20. The molecule has 0 atom stereocenters. The highest BCUT2D eigenvalue weighted by molar-refractivity contribution is 7.98. The fourth-order valence-corrected chi connectivity index (χ4v) is 1.65. The normalized spacial score (nSPS) is 9.67. The molecule has 0 unspecified atom stereocenters. The van der Waals surface area contributed by atoms with Gasteiger partial charge >= 0.3 is 0 Å². The Balaban J connectivity index is 2.63. The third-order valence-electron chi connectivity index (χ3n) is 1.69. The van der Waals surface area contributed by atoms with Gasteiger partial charge < -0.3 is 11.1 Å². The second kappa shape index (κ2) is 5.72. The van der Waals surface area contributed by atoms with Crippen LogP contribution in [0.3, 0.4) is 0 Å². The zero-order chi connectivity index (χ0) is 11.3. The van der Waals surface area contributed by atoms with Crippen LogP contribution in [0.4, 0.5) is 5.69 Å². The number of hydrogen-bond donors (Lipinski definition) is 2. The number of hydrogen-bond acceptors (Lipinski definition) is 3. The monoisotopic (exact) mass is 240 g/mol. The van der Waals surface area contributed by atoms with E-state index >= 15 is 0 Å². The van der Waals surface area contributed by atoms with Gasteiger partial charge in [0, 0.05) is 10.6 Å². The Bertz CT molecular complexity index is 379. The van der Waals surface area contributed by atoms with E-state index in [2.05, 4.69) is 17.5 Å². The fraction of sp³-hybridized carbons (Fsp3) is 0.200. The lowest BCUT2D eigenvalue weighted by Gasteiger charge is -2.05. The molecule has 0 saturated carbocycles. The second-order valence-electron chi connectivity index (χ2n) is 2.92. The molecule has 3 N–H and O–H groups in total. The number of thioether (sulfide) groups is 1. The molecule has 0 radical (unpaired) electrons. The van der Waals surface area contributed by atoms with E-state index in [1.807, 2.05) is 30.5 Å². The molecule has 80 valence electrons. The van der Waals surface area contributed by atoms with Crippen LogP contribution in [0.15, 0.2) is 29.2 Å². The zero-order valence-electron chi connectivity index (χ0n) is 8.32. The van der Waals surface area contributed by atoms with Gasteiger partial charge in [0.25, 0.3) is 0 Å². The van der Waals surface area contributed by atoms with Gasteiger partial charge in [-0.25, -0.2) is 0 Å². The quantitative estimate of drug-likeness (QED) is 0.624. The molecule has 0 bridgehead atoms. The predicted molar refractivity (Wildman–Crippen MR) is 68.3 cm³/mol. The van der Waals surface area contributed by atoms with Crippen molar-refractivity contribution in [3.8, 4) is 0 Å². The van der Waals surface area contributed by atoms with Gasteiger partial charge in [-0.2, -0.15) is 0 Å². The Morgan fingerprint density at radius 1 is 1.60 bits per heavy atom. The van der Waals surface area contributed by atoms with Crippen molar-refractivity contribution in [1.82, 2.24) is 0 Å². The Kier molecular flexibility index (Phi) is 4.58. The molecule has 0 aliphatic heterocycles. The molecule has 0 aliphatic rings. The molecule has 0 heterocycles. The number of nitrogens with two attached hydrogens (primary N) is 1. The first-order valence-electron chi connectivity index (χ1n) is 4.34. The number of benzene rings is 1. The Morgan fingerprint density at radius 2 is 2.33 bits per heavy atom. The summed E-state index contributed by atoms with van der Waals surface area (Å²) < 4.78 is 0. The highest BCUT2D eigenvalue weighted by Gasteiger charge is 2.03. The van der Waals surface area contributed by atoms with Crippen LogP contribution in [0.5, 0.6) is 0 Å². The van der Waals surface area contributed by atoms with E-state index in [1.54, 1.807) is 11.8 Å². The Labute approximate surface area is 98.4 Å². The van der Waals surface area contributed by atoms with Crippen LogP contribution in [0, 0.1) is 0 Å². The Morgan fingerprint density at radius 3 is 2.93 bits per heavy atom. The Hall–Kier alpha value is -1.07. The summed E-state index contributed by atoms with van der Waals surface area (Å²) in [6.07, 6.45) is 2.06. The molecule has 0 fully saturated rings. The molecule has 0 aliphatic carbocycles. The third kappa shape index (κ3) is 4.31. The number of carbonyl (C=O) groups excluding carboxylic acids is 1. The molecule has 1 amide bonds. The van der Waals surface area contributed by atoms with Crippen LogP contribution >= 0.6 is 24.0 Å². The number of thiocarbonyl (C=S) groups is 1. The van der Waals surface area contributed by atoms with E-state index in [0.29, 0.717) is 0 Å². The number of nitrogens with one attached hydrogen (secondary N) is 1. The lowest BCUT2D eigenvalue weighted by molar-refractivity contribution is -0.115. The summed E-state index contributed by atoms with van der Waals surface area (Å²) in [5.74, 6) is -0.180. The van der Waals surface area contributed by atoms with Gasteiger partial charge in [0.1, 0.15) is 0 Å². The maximum absolute atomic E-state index is 11.3. The predicted octanol–water partition coefficient (Wildman–Crippen LogP) is 2.02. The first-order valence-corrected chi connectivity index (χ1v) is 5.97. The summed E-state index contributed by atoms with van der Waals surface area (Å²) in [6, 6.07) is 7.61. The van der Waals surface area contributed by atoms with Crippen molar-refractivity contribution in [3.05, 3.63) is 24.3 Å². The van der Waals surface area contributed by atoms with Gasteiger partial charge in [0.05, 0.1) is 11.4 Å². The highest BCUT2D eigenvalue weighted by atomic mass is 32.2. The number of carbonyl (C=O) groups is 1. The maximum atomic E-state index is 11.3. The smallest absolute Gasteiger partial charge is 0.231 e. The summed E-state index contributed by atoms with van der Waals surface area (Å²) >= 11 is 6.27. The molecule has 1 aromatic carbocycles. The minimum atomic E-state index is -0.180. The van der Waals surface area contributed by atoms with Crippen LogP contribution in [0.25, 0.3) is 0 Å². The van der Waals surface area contributed by atoms with Gasteiger partial charge in [-0.15, -0.1) is 11.8 Å². The van der Waals surface area contributed by atoms with Crippen molar-refractivity contribution in [3.63, 3.8) is 0 Å². The van der Waals surface area contributed by atoms with Crippen LogP contribution in [0.2, 0.25) is 0 Å². The summed E-state index contributed by atoms with van der Waals surface area (Å²) in [5.41, 5.74) is 6.04. The van der Waals surface area contributed by atoms with Gasteiger partial charge in [0.2, 0.25) is 5.91 Å². The van der Waals surface area contributed by atoms with Crippen molar-refractivity contribution >= 4 is 40.6 Å². The summed E-state index contributed by atoms with van der Waals surface area (Å²) in [6.45, 7) is 0. The number of amides is 1. The minimum absolute atomic E-state index is 0.0822. The van der Waals surface area contributed by atoms with Gasteiger partial charge in [-0.3, -0.25) is 4.79 Å². The average Bonchev–Trinajstić information content (AvgIpc) is 2.16. The van der Waals surface area contributed by atoms with Crippen LogP contribution in [0.1, 0.15) is 6.42 Å². The molecular weight excluding hydrogens is 228 g/mol. The molecule has 3 nitrogen and oxygen atoms in total. The van der Waals surface area contributed by atoms with Crippen LogP contribution < -0.4 is 11.1 Å². The van der Waals surface area contributed by atoms with Crippen LogP contribution in [-0.4, -0.2) is 17.2 Å². The summed E-state index contributed by atoms with van der Waals surface area (Å²) in [7, 11) is 0. The number of anilines is 1. The lowest BCUT2D eigenvalue weighted by atomic mass is 10.3. The van der Waals surface area contributed by atoms with E-state index in [1.165, 1.54) is 0 Å². The summed E-state index contributed by atoms with van der Waals surface area (Å²) in [5, 5.41) is 2.73. The van der Waals surface area contributed by atoms with E-state index in [4.69, 9.17) is 5.73 Å². The van der Waals surface area contributed by atoms with Crippen molar-refractivity contribution in [1.29, 1.82) is 0 Å². The highest BCUT2D eigenvalue weighted by Crippen LogP contribution is 2.18. The SMILES string of the molecule is CSc1cccc(NC(=O)CC(N)=S)c1. The summed E-state index contributed by atoms with van der Waals surface area (Å²) in [4.78, 5) is 12.6. The molecule has 1 aromatic rings. The molecule has 0 saturated heterocycles. The third-order valence-corrected chi connectivity index (χ3v) is 2.56.